The maximum absolute atomic E-state index is 6.25. The lowest BCUT2D eigenvalue weighted by Crippen LogP contribution is -2.43. The minimum Gasteiger partial charge on any atom is -0.414 e. The van der Waals surface area contributed by atoms with E-state index in [0.717, 1.165) is 12.8 Å². The summed E-state index contributed by atoms with van der Waals surface area (Å²) in [6.07, 6.45) is 4.84. The van der Waals surface area contributed by atoms with E-state index in [1.807, 2.05) is 0 Å². The van der Waals surface area contributed by atoms with Crippen molar-refractivity contribution < 1.29 is 4.43 Å². The van der Waals surface area contributed by atoms with E-state index in [9.17, 15) is 0 Å². The Morgan fingerprint density at radius 1 is 1.33 bits per heavy atom. The zero-order valence-electron chi connectivity index (χ0n) is 10.9. The second-order valence-corrected chi connectivity index (χ2v) is 11.1. The zero-order valence-corrected chi connectivity index (χ0v) is 14.1. The Kier molecular flexibility index (Phi) is 6.67. The summed E-state index contributed by atoms with van der Waals surface area (Å²) in [6.45, 7) is 13.7. The summed E-state index contributed by atoms with van der Waals surface area (Å²) in [6, 6.07) is 0. The molecule has 0 saturated carbocycles. The van der Waals surface area contributed by atoms with E-state index in [-0.39, 0.29) is 0 Å². The van der Waals surface area contributed by atoms with Crippen LogP contribution in [-0.2, 0) is 4.43 Å². The summed E-state index contributed by atoms with van der Waals surface area (Å²) in [7, 11) is -1.55. The van der Waals surface area contributed by atoms with Crippen LogP contribution < -0.4 is 0 Å². The maximum atomic E-state index is 6.25. The molecular weight excluding hydrogens is 315 g/mol. The third kappa shape index (κ3) is 6.07. The van der Waals surface area contributed by atoms with Gasteiger partial charge in [-0.15, -0.1) is 0 Å². The first-order chi connectivity index (χ1) is 6.70. The van der Waals surface area contributed by atoms with Gasteiger partial charge in [-0.1, -0.05) is 49.4 Å². The third-order valence-corrected chi connectivity index (χ3v) is 8.24. The minimum atomic E-state index is -1.55. The maximum Gasteiger partial charge on any atom is 0.192 e. The topological polar surface area (TPSA) is 9.23 Å². The molecule has 0 fully saturated rings. The molecule has 0 aromatic carbocycles. The Labute approximate surface area is 110 Å². The van der Waals surface area contributed by atoms with Crippen LogP contribution in [0.4, 0.5) is 0 Å². The molecule has 0 aromatic heterocycles. The highest BCUT2D eigenvalue weighted by Gasteiger charge is 2.38. The molecule has 0 amide bonds. The molecule has 90 valence electrons. The van der Waals surface area contributed by atoms with Gasteiger partial charge in [-0.3, -0.25) is 0 Å². The fraction of sp³-hybridized carbons (Fsp3) is 0.833. The van der Waals surface area contributed by atoms with Crippen LogP contribution in [0.3, 0.4) is 0 Å². The van der Waals surface area contributed by atoms with Crippen LogP contribution in [0.25, 0.3) is 0 Å². The summed E-state index contributed by atoms with van der Waals surface area (Å²) in [5.41, 5.74) is 0. The van der Waals surface area contributed by atoms with Gasteiger partial charge >= 0.3 is 0 Å². The molecule has 0 heterocycles. The van der Waals surface area contributed by atoms with Crippen molar-refractivity contribution >= 4 is 30.9 Å². The van der Waals surface area contributed by atoms with Crippen molar-refractivity contribution in [1.82, 2.24) is 0 Å². The molecule has 0 spiro atoms. The van der Waals surface area contributed by atoms with Gasteiger partial charge in [0.25, 0.3) is 0 Å². The van der Waals surface area contributed by atoms with E-state index in [2.05, 4.69) is 73.5 Å². The Hall–Kier alpha value is 0.647. The van der Waals surface area contributed by atoms with Gasteiger partial charge in [-0.05, 0) is 42.0 Å². The summed E-state index contributed by atoms with van der Waals surface area (Å²) < 4.78 is 8.33. The van der Waals surface area contributed by atoms with Gasteiger partial charge in [-0.2, -0.15) is 0 Å². The predicted octanol–water partition coefficient (Wildman–Crippen LogP) is 5.13. The predicted molar refractivity (Wildman–Crippen MR) is 80.1 cm³/mol. The molecule has 0 saturated heterocycles. The lowest BCUT2D eigenvalue weighted by molar-refractivity contribution is 0.190. The van der Waals surface area contributed by atoms with Crippen molar-refractivity contribution in [1.29, 1.82) is 0 Å². The Morgan fingerprint density at radius 3 is 2.27 bits per heavy atom. The van der Waals surface area contributed by atoms with Crippen molar-refractivity contribution in [2.45, 2.75) is 64.8 Å². The molecule has 0 radical (unpaired) electrons. The third-order valence-electron chi connectivity index (χ3n) is 3.13. The van der Waals surface area contributed by atoms with Crippen molar-refractivity contribution in [3.05, 3.63) is 10.2 Å². The number of rotatable bonds is 5. The Bertz CT molecular complexity index is 206. The first-order valence-corrected chi connectivity index (χ1v) is 9.79. The molecule has 0 N–H and O–H groups in total. The van der Waals surface area contributed by atoms with Gasteiger partial charge in [0, 0.05) is 6.10 Å². The fourth-order valence-electron chi connectivity index (χ4n) is 1.13. The fourth-order valence-corrected chi connectivity index (χ4v) is 2.97. The quantitative estimate of drug-likeness (QED) is 0.498. The minimum absolute atomic E-state index is 0.320. The van der Waals surface area contributed by atoms with Crippen molar-refractivity contribution in [3.8, 4) is 0 Å². The molecule has 0 unspecified atom stereocenters. The van der Waals surface area contributed by atoms with E-state index in [1.54, 1.807) is 0 Å². The first kappa shape index (κ1) is 15.6. The summed E-state index contributed by atoms with van der Waals surface area (Å²) >= 11 is 2.26. The van der Waals surface area contributed by atoms with Crippen molar-refractivity contribution in [2.75, 3.05) is 0 Å². The molecule has 1 atom stereocenters. The highest BCUT2D eigenvalue weighted by molar-refractivity contribution is 14.1. The monoisotopic (exact) mass is 340 g/mol. The zero-order chi connectivity index (χ0) is 12.1. The Balaban J connectivity index is 4.10. The molecule has 0 aromatic rings. The molecular formula is C12H25IOSi. The molecule has 0 bridgehead atoms. The summed E-state index contributed by atoms with van der Waals surface area (Å²) in [5.74, 6) is 0. The van der Waals surface area contributed by atoms with Crippen LogP contribution in [0, 0.1) is 0 Å². The molecule has 0 rings (SSSR count). The highest BCUT2D eigenvalue weighted by atomic mass is 127. The van der Waals surface area contributed by atoms with E-state index in [4.69, 9.17) is 4.43 Å². The largest absolute Gasteiger partial charge is 0.414 e. The standard InChI is InChI=1S/C12H25IOSi/c1-11(9-7-8-10-13)14-15(5,6)12(2,3)4/h8,10-11H,7,9H2,1-6H3/b10-8-/t11-/m0/s1. The number of hydrogen-bond donors (Lipinski definition) is 0. The lowest BCUT2D eigenvalue weighted by atomic mass is 10.2. The van der Waals surface area contributed by atoms with E-state index in [0.29, 0.717) is 11.1 Å². The lowest BCUT2D eigenvalue weighted by Gasteiger charge is -2.38. The van der Waals surface area contributed by atoms with E-state index in [1.165, 1.54) is 0 Å². The molecule has 0 aliphatic carbocycles. The average molecular weight is 340 g/mol. The van der Waals surface area contributed by atoms with Gasteiger partial charge < -0.3 is 4.43 Å². The first-order valence-electron chi connectivity index (χ1n) is 5.64. The average Bonchev–Trinajstić information content (AvgIpc) is 2.01. The van der Waals surface area contributed by atoms with Crippen molar-refractivity contribution in [2.24, 2.45) is 0 Å². The number of allylic oxidation sites excluding steroid dienone is 1. The Morgan fingerprint density at radius 2 is 1.87 bits per heavy atom. The SMILES string of the molecule is C[C@@H](CC/C=C\I)O[Si](C)(C)C(C)(C)C. The van der Waals surface area contributed by atoms with E-state index < -0.39 is 8.32 Å². The van der Waals surface area contributed by atoms with Gasteiger partial charge in [0.15, 0.2) is 8.32 Å². The van der Waals surface area contributed by atoms with Crippen LogP contribution >= 0.6 is 22.6 Å². The van der Waals surface area contributed by atoms with Crippen LogP contribution in [0.2, 0.25) is 18.1 Å². The van der Waals surface area contributed by atoms with E-state index >= 15 is 0 Å². The second kappa shape index (κ2) is 6.40. The molecule has 0 aliphatic heterocycles. The van der Waals surface area contributed by atoms with Crippen LogP contribution in [0.5, 0.6) is 0 Å². The van der Waals surface area contributed by atoms with Crippen LogP contribution in [0.15, 0.2) is 10.2 Å². The van der Waals surface area contributed by atoms with Gasteiger partial charge in [0.1, 0.15) is 0 Å². The van der Waals surface area contributed by atoms with Crippen LogP contribution in [-0.4, -0.2) is 14.4 Å². The normalized spacial score (nSPS) is 15.9. The summed E-state index contributed by atoms with van der Waals surface area (Å²) in [4.78, 5) is 0. The van der Waals surface area contributed by atoms with Gasteiger partial charge in [0.05, 0.1) is 0 Å². The second-order valence-electron chi connectivity index (χ2n) is 5.63. The summed E-state index contributed by atoms with van der Waals surface area (Å²) in [5, 5.41) is 0.320. The van der Waals surface area contributed by atoms with Gasteiger partial charge in [-0.25, -0.2) is 0 Å². The molecule has 15 heavy (non-hydrogen) atoms. The van der Waals surface area contributed by atoms with Crippen molar-refractivity contribution in [3.63, 3.8) is 0 Å². The van der Waals surface area contributed by atoms with Gasteiger partial charge in [0.2, 0.25) is 0 Å². The molecule has 3 heteroatoms. The number of halogens is 1. The smallest absolute Gasteiger partial charge is 0.192 e. The molecule has 1 nitrogen and oxygen atoms in total. The highest BCUT2D eigenvalue weighted by Crippen LogP contribution is 2.37. The number of hydrogen-bond acceptors (Lipinski definition) is 1. The van der Waals surface area contributed by atoms with Crippen LogP contribution in [0.1, 0.15) is 40.5 Å². The molecule has 0 aliphatic rings.